The van der Waals surface area contributed by atoms with E-state index in [4.69, 9.17) is 0 Å². The normalized spacial score (nSPS) is 16.6. The highest BCUT2D eigenvalue weighted by Gasteiger charge is 2.34. The van der Waals surface area contributed by atoms with Crippen molar-refractivity contribution in [2.75, 3.05) is 0 Å². The third-order valence-electron chi connectivity index (χ3n) is 1.95. The molecule has 1 nitrogen and oxygen atoms in total. The van der Waals surface area contributed by atoms with Crippen LogP contribution in [0.5, 0.6) is 0 Å². The summed E-state index contributed by atoms with van der Waals surface area (Å²) < 4.78 is 12.4. The van der Waals surface area contributed by atoms with E-state index in [1.807, 2.05) is 51.1 Å². The molecule has 1 aromatic carbocycles. The molecule has 1 aromatic rings. The monoisotopic (exact) mass is 308 g/mol. The zero-order chi connectivity index (χ0) is 10.1. The molecule has 0 aliphatic heterocycles. The first-order valence-corrected chi connectivity index (χ1v) is 8.70. The van der Waals surface area contributed by atoms with Gasteiger partial charge >= 0.3 is 0 Å². The van der Waals surface area contributed by atoms with Gasteiger partial charge < -0.3 is 4.57 Å². The Morgan fingerprint density at radius 2 is 1.62 bits per heavy atom. The van der Waals surface area contributed by atoms with Crippen LogP contribution in [-0.4, -0.2) is 5.16 Å². The minimum absolute atomic E-state index is 0.158. The Morgan fingerprint density at radius 1 is 1.15 bits per heavy atom. The molecule has 72 valence electrons. The van der Waals surface area contributed by atoms with Gasteiger partial charge in [0.1, 0.15) is 0 Å². The summed E-state index contributed by atoms with van der Waals surface area (Å²) in [5.41, 5.74) is 0. The van der Waals surface area contributed by atoms with Crippen LogP contribution in [-0.2, 0) is 4.57 Å². The molecule has 0 radical (unpaired) electrons. The Kier molecular flexibility index (Phi) is 3.24. The fraction of sp³-hybridized carbons (Fsp3) is 0.400. The summed E-state index contributed by atoms with van der Waals surface area (Å²) in [6.07, 6.45) is 0. The minimum atomic E-state index is -2.26. The predicted molar refractivity (Wildman–Crippen MR) is 67.5 cm³/mol. The number of hydrogen-bond acceptors (Lipinski definition) is 1. The lowest BCUT2D eigenvalue weighted by Gasteiger charge is -2.26. The van der Waals surface area contributed by atoms with Gasteiger partial charge in [0.05, 0.1) is 0 Å². The Labute approximate surface area is 92.8 Å². The molecule has 0 heterocycles. The van der Waals surface area contributed by atoms with Crippen molar-refractivity contribution in [3.8, 4) is 0 Å². The maximum absolute atomic E-state index is 12.4. The fourth-order valence-electron chi connectivity index (χ4n) is 1.01. The van der Waals surface area contributed by atoms with E-state index in [0.717, 1.165) is 5.30 Å². The van der Waals surface area contributed by atoms with Crippen molar-refractivity contribution < 1.29 is 4.57 Å². The molecule has 0 aromatic heterocycles. The van der Waals surface area contributed by atoms with Crippen molar-refractivity contribution in [1.82, 2.24) is 0 Å². The van der Waals surface area contributed by atoms with Crippen molar-refractivity contribution in [3.63, 3.8) is 0 Å². The lowest BCUT2D eigenvalue weighted by atomic mass is 10.3. The van der Waals surface area contributed by atoms with Crippen molar-refractivity contribution >= 4 is 32.1 Å². The molecule has 0 saturated carbocycles. The first-order valence-electron chi connectivity index (χ1n) is 4.21. The molecule has 1 rings (SSSR count). The molecule has 0 saturated heterocycles. The van der Waals surface area contributed by atoms with Crippen LogP contribution in [0, 0.1) is 0 Å². The van der Waals surface area contributed by atoms with Crippen molar-refractivity contribution in [2.45, 2.75) is 25.9 Å². The summed E-state index contributed by atoms with van der Waals surface area (Å²) in [6, 6.07) is 9.71. The summed E-state index contributed by atoms with van der Waals surface area (Å²) in [6.45, 7) is 6.06. The Bertz CT molecular complexity index is 327. The van der Waals surface area contributed by atoms with Gasteiger partial charge in [0.25, 0.3) is 0 Å². The third-order valence-corrected chi connectivity index (χ3v) is 10.7. The fourth-order valence-corrected chi connectivity index (χ4v) is 3.30. The van der Waals surface area contributed by atoms with Gasteiger partial charge in [-0.3, -0.25) is 0 Å². The average molecular weight is 308 g/mol. The van der Waals surface area contributed by atoms with Crippen molar-refractivity contribution in [2.24, 2.45) is 0 Å². The van der Waals surface area contributed by atoms with E-state index >= 15 is 0 Å². The largest absolute Gasteiger partial charge is 0.307 e. The summed E-state index contributed by atoms with van der Waals surface area (Å²) in [5, 5.41) is 0.803. The molecule has 0 spiro atoms. The van der Waals surface area contributed by atoms with Gasteiger partial charge in [-0.25, -0.2) is 0 Å². The van der Waals surface area contributed by atoms with E-state index in [2.05, 4.69) is 22.0 Å². The number of hydrogen-bond donors (Lipinski definition) is 0. The zero-order valence-corrected chi connectivity index (χ0v) is 11.2. The first-order chi connectivity index (χ1) is 5.86. The van der Waals surface area contributed by atoms with Crippen LogP contribution in [0.4, 0.5) is 0 Å². The molecular weight excluding hydrogens is 294 g/mol. The van der Waals surface area contributed by atoms with E-state index in [0.29, 0.717) is 0 Å². The SMILES string of the molecule is CC(C)(C)P(=O)(I)c1ccccc1. The Balaban J connectivity index is 3.17. The van der Waals surface area contributed by atoms with E-state index < -0.39 is 4.78 Å². The zero-order valence-electron chi connectivity index (χ0n) is 8.12. The maximum atomic E-state index is 12.4. The molecule has 0 amide bonds. The van der Waals surface area contributed by atoms with E-state index in [9.17, 15) is 4.57 Å². The molecule has 0 bridgehead atoms. The molecule has 13 heavy (non-hydrogen) atoms. The van der Waals surface area contributed by atoms with Gasteiger partial charge in [0.2, 0.25) is 0 Å². The van der Waals surface area contributed by atoms with Crippen LogP contribution in [0.2, 0.25) is 0 Å². The molecule has 1 unspecified atom stereocenters. The van der Waals surface area contributed by atoms with Gasteiger partial charge in [-0.2, -0.15) is 0 Å². The second-order valence-electron chi connectivity index (χ2n) is 4.04. The number of halogens is 1. The van der Waals surface area contributed by atoms with Gasteiger partial charge in [0, 0.05) is 10.5 Å². The van der Waals surface area contributed by atoms with E-state index in [1.165, 1.54) is 0 Å². The van der Waals surface area contributed by atoms with Crippen LogP contribution < -0.4 is 5.30 Å². The summed E-state index contributed by atoms with van der Waals surface area (Å²) in [7, 11) is 0. The molecule has 3 heteroatoms. The lowest BCUT2D eigenvalue weighted by molar-refractivity contribution is 0.570. The van der Waals surface area contributed by atoms with Crippen LogP contribution in [0.3, 0.4) is 0 Å². The second kappa shape index (κ2) is 3.74. The summed E-state index contributed by atoms with van der Waals surface area (Å²) in [4.78, 5) is -2.26. The highest BCUT2D eigenvalue weighted by molar-refractivity contribution is 14.2. The molecular formula is C10H14IOP. The van der Waals surface area contributed by atoms with Gasteiger partial charge in [-0.1, -0.05) is 51.1 Å². The molecule has 0 fully saturated rings. The summed E-state index contributed by atoms with van der Waals surface area (Å²) >= 11 is 2.10. The van der Waals surface area contributed by atoms with Crippen molar-refractivity contribution in [3.05, 3.63) is 30.3 Å². The standard InChI is InChI=1S/C10H14IOP/c1-10(2,3)13(11,12)9-7-5-4-6-8-9/h4-8H,1-3H3. The van der Waals surface area contributed by atoms with Crippen LogP contribution in [0.1, 0.15) is 20.8 Å². The van der Waals surface area contributed by atoms with Gasteiger partial charge in [0.15, 0.2) is 4.78 Å². The number of benzene rings is 1. The smallest absolute Gasteiger partial charge is 0.175 e. The van der Waals surface area contributed by atoms with Crippen molar-refractivity contribution in [1.29, 1.82) is 0 Å². The Morgan fingerprint density at radius 3 is 2.00 bits per heavy atom. The van der Waals surface area contributed by atoms with Gasteiger partial charge in [-0.05, 0) is 22.0 Å². The second-order valence-corrected chi connectivity index (χ2v) is 11.0. The topological polar surface area (TPSA) is 17.1 Å². The van der Waals surface area contributed by atoms with E-state index in [-0.39, 0.29) is 5.16 Å². The average Bonchev–Trinajstić information content (AvgIpc) is 2.04. The Hall–Kier alpha value is 0.180. The summed E-state index contributed by atoms with van der Waals surface area (Å²) in [5.74, 6) is 0. The molecule has 0 aliphatic rings. The predicted octanol–water partition coefficient (Wildman–Crippen LogP) is 3.82. The maximum Gasteiger partial charge on any atom is 0.175 e. The third kappa shape index (κ3) is 2.35. The lowest BCUT2D eigenvalue weighted by Crippen LogP contribution is -2.18. The highest BCUT2D eigenvalue weighted by Crippen LogP contribution is 2.63. The minimum Gasteiger partial charge on any atom is -0.307 e. The highest BCUT2D eigenvalue weighted by atomic mass is 127. The van der Waals surface area contributed by atoms with E-state index in [1.54, 1.807) is 0 Å². The molecule has 1 atom stereocenters. The molecule has 0 aliphatic carbocycles. The van der Waals surface area contributed by atoms with Crippen LogP contribution in [0.15, 0.2) is 30.3 Å². The van der Waals surface area contributed by atoms with Gasteiger partial charge in [-0.15, -0.1) is 0 Å². The van der Waals surface area contributed by atoms with Crippen LogP contribution >= 0.6 is 26.8 Å². The number of rotatable bonds is 1. The quantitative estimate of drug-likeness (QED) is 0.569. The first kappa shape index (κ1) is 11.3. The molecule has 0 N–H and O–H groups in total. The van der Waals surface area contributed by atoms with Crippen LogP contribution in [0.25, 0.3) is 0 Å².